The summed E-state index contributed by atoms with van der Waals surface area (Å²) in [6.07, 6.45) is 0.618. The van der Waals surface area contributed by atoms with Crippen molar-refractivity contribution in [2.24, 2.45) is 11.1 Å². The van der Waals surface area contributed by atoms with Crippen LogP contribution in [0.15, 0.2) is 18.2 Å². The molecule has 0 aliphatic rings. The van der Waals surface area contributed by atoms with Gasteiger partial charge in [-0.2, -0.15) is 0 Å². The van der Waals surface area contributed by atoms with E-state index in [0.29, 0.717) is 6.42 Å². The molecule has 0 aromatic heterocycles. The lowest BCUT2D eigenvalue weighted by atomic mass is 9.86. The van der Waals surface area contributed by atoms with Gasteiger partial charge in [0.25, 0.3) is 0 Å². The summed E-state index contributed by atoms with van der Waals surface area (Å²) in [4.78, 5) is 0. The molecule has 92 valence electrons. The first kappa shape index (κ1) is 15.3. The second-order valence-corrected chi connectivity index (χ2v) is 5.04. The third-order valence-electron chi connectivity index (χ3n) is 2.19. The maximum atomic E-state index is 13.3. The van der Waals surface area contributed by atoms with Crippen LogP contribution in [0.25, 0.3) is 0 Å². The topological polar surface area (TPSA) is 26.0 Å². The minimum atomic E-state index is -0.458. The van der Waals surface area contributed by atoms with Crippen molar-refractivity contribution < 1.29 is 8.78 Å². The Bertz CT molecular complexity index is 347. The van der Waals surface area contributed by atoms with Gasteiger partial charge in [0, 0.05) is 11.6 Å². The maximum absolute atomic E-state index is 13.3. The zero-order chi connectivity index (χ0) is 11.6. The van der Waals surface area contributed by atoms with Crippen LogP contribution >= 0.6 is 12.4 Å². The molecule has 0 fully saturated rings. The van der Waals surface area contributed by atoms with E-state index < -0.39 is 17.7 Å². The van der Waals surface area contributed by atoms with Crippen LogP contribution in [-0.4, -0.2) is 0 Å². The van der Waals surface area contributed by atoms with Gasteiger partial charge < -0.3 is 5.73 Å². The average Bonchev–Trinajstić information content (AvgIpc) is 2.06. The molecule has 1 unspecified atom stereocenters. The highest BCUT2D eigenvalue weighted by Gasteiger charge is 2.19. The summed E-state index contributed by atoms with van der Waals surface area (Å²) in [7, 11) is 0. The third kappa shape index (κ3) is 4.45. The molecule has 1 aromatic carbocycles. The number of benzene rings is 1. The first-order valence-corrected chi connectivity index (χ1v) is 5.00. The van der Waals surface area contributed by atoms with Gasteiger partial charge in [0.2, 0.25) is 0 Å². The normalized spacial score (nSPS) is 13.1. The Balaban J connectivity index is 0.00000225. The zero-order valence-electron chi connectivity index (χ0n) is 9.76. The van der Waals surface area contributed by atoms with E-state index in [9.17, 15) is 8.78 Å². The summed E-state index contributed by atoms with van der Waals surface area (Å²) in [5, 5.41) is 0. The van der Waals surface area contributed by atoms with Crippen LogP contribution in [0.4, 0.5) is 8.78 Å². The molecule has 4 heteroatoms. The minimum Gasteiger partial charge on any atom is -0.324 e. The van der Waals surface area contributed by atoms with Crippen molar-refractivity contribution in [1.82, 2.24) is 0 Å². The fraction of sp³-hybridized carbons (Fsp3) is 0.500. The summed E-state index contributed by atoms with van der Waals surface area (Å²) >= 11 is 0. The van der Waals surface area contributed by atoms with Gasteiger partial charge in [0.15, 0.2) is 0 Å². The van der Waals surface area contributed by atoms with E-state index in [1.165, 1.54) is 6.07 Å². The van der Waals surface area contributed by atoms with E-state index in [4.69, 9.17) is 5.73 Å². The molecule has 0 saturated heterocycles. The largest absolute Gasteiger partial charge is 0.324 e. The fourth-order valence-electron chi connectivity index (χ4n) is 1.57. The highest BCUT2D eigenvalue weighted by molar-refractivity contribution is 5.85. The van der Waals surface area contributed by atoms with Crippen LogP contribution in [0.2, 0.25) is 0 Å². The van der Waals surface area contributed by atoms with E-state index in [2.05, 4.69) is 0 Å². The Morgan fingerprint density at radius 3 is 2.31 bits per heavy atom. The maximum Gasteiger partial charge on any atom is 0.128 e. The lowest BCUT2D eigenvalue weighted by molar-refractivity contribution is 0.338. The summed E-state index contributed by atoms with van der Waals surface area (Å²) in [6.45, 7) is 6.05. The molecule has 0 spiro atoms. The van der Waals surface area contributed by atoms with E-state index in [1.807, 2.05) is 20.8 Å². The second kappa shape index (κ2) is 5.60. The molecular formula is C12H18ClF2N. The Labute approximate surface area is 101 Å². The quantitative estimate of drug-likeness (QED) is 0.847. The SMILES string of the molecule is CC(C)(C)CC(N)c1cc(F)ccc1F.Cl. The van der Waals surface area contributed by atoms with Gasteiger partial charge in [0.1, 0.15) is 11.6 Å². The standard InChI is InChI=1S/C12H17F2N.ClH/c1-12(2,3)7-11(15)9-6-8(13)4-5-10(9)14;/h4-6,11H,7,15H2,1-3H3;1H. The van der Waals surface area contributed by atoms with Crippen molar-refractivity contribution in [1.29, 1.82) is 0 Å². The van der Waals surface area contributed by atoms with Gasteiger partial charge in [-0.15, -0.1) is 12.4 Å². The average molecular weight is 250 g/mol. The van der Waals surface area contributed by atoms with Crippen LogP contribution in [0.5, 0.6) is 0 Å². The number of halogens is 3. The smallest absolute Gasteiger partial charge is 0.128 e. The summed E-state index contributed by atoms with van der Waals surface area (Å²) in [5.41, 5.74) is 6.10. The molecule has 0 heterocycles. The molecule has 16 heavy (non-hydrogen) atoms. The van der Waals surface area contributed by atoms with Crippen LogP contribution in [0, 0.1) is 17.0 Å². The molecule has 1 rings (SSSR count). The predicted octanol–water partition coefficient (Wildman–Crippen LogP) is 3.82. The van der Waals surface area contributed by atoms with Crippen LogP contribution in [-0.2, 0) is 0 Å². The second-order valence-electron chi connectivity index (χ2n) is 5.04. The van der Waals surface area contributed by atoms with E-state index >= 15 is 0 Å². The fourth-order valence-corrected chi connectivity index (χ4v) is 1.57. The van der Waals surface area contributed by atoms with Gasteiger partial charge in [-0.1, -0.05) is 20.8 Å². The summed E-state index contributed by atoms with van der Waals surface area (Å²) < 4.78 is 26.3. The molecule has 1 aromatic rings. The third-order valence-corrected chi connectivity index (χ3v) is 2.19. The number of nitrogens with two attached hydrogens (primary N) is 1. The van der Waals surface area contributed by atoms with Crippen molar-refractivity contribution in [3.8, 4) is 0 Å². The van der Waals surface area contributed by atoms with Crippen LogP contribution < -0.4 is 5.73 Å². The van der Waals surface area contributed by atoms with E-state index in [0.717, 1.165) is 12.1 Å². The lowest BCUT2D eigenvalue weighted by Crippen LogP contribution is -2.19. The van der Waals surface area contributed by atoms with Crippen LogP contribution in [0.3, 0.4) is 0 Å². The van der Waals surface area contributed by atoms with Crippen molar-refractivity contribution in [2.75, 3.05) is 0 Å². The van der Waals surface area contributed by atoms with Gasteiger partial charge >= 0.3 is 0 Å². The molecule has 0 aliphatic heterocycles. The summed E-state index contributed by atoms with van der Waals surface area (Å²) in [6, 6.07) is 2.93. The number of hydrogen-bond acceptors (Lipinski definition) is 1. The highest BCUT2D eigenvalue weighted by atomic mass is 35.5. The number of hydrogen-bond donors (Lipinski definition) is 1. The monoisotopic (exact) mass is 249 g/mol. The summed E-state index contributed by atoms with van der Waals surface area (Å²) in [5.74, 6) is -0.885. The van der Waals surface area contributed by atoms with Gasteiger partial charge in [0.05, 0.1) is 0 Å². The van der Waals surface area contributed by atoms with Crippen molar-refractivity contribution in [2.45, 2.75) is 33.2 Å². The zero-order valence-corrected chi connectivity index (χ0v) is 10.6. The van der Waals surface area contributed by atoms with Crippen molar-refractivity contribution in [3.05, 3.63) is 35.4 Å². The lowest BCUT2D eigenvalue weighted by Gasteiger charge is -2.23. The molecule has 1 atom stereocenters. The van der Waals surface area contributed by atoms with Crippen molar-refractivity contribution in [3.63, 3.8) is 0 Å². The van der Waals surface area contributed by atoms with Gasteiger partial charge in [-0.3, -0.25) is 0 Å². The minimum absolute atomic E-state index is 0. The van der Waals surface area contributed by atoms with E-state index in [-0.39, 0.29) is 23.4 Å². The van der Waals surface area contributed by atoms with Crippen molar-refractivity contribution >= 4 is 12.4 Å². The van der Waals surface area contributed by atoms with Gasteiger partial charge in [-0.25, -0.2) is 8.78 Å². The number of rotatable bonds is 2. The van der Waals surface area contributed by atoms with E-state index in [1.54, 1.807) is 0 Å². The molecule has 2 N–H and O–H groups in total. The first-order chi connectivity index (χ1) is 6.79. The Hall–Kier alpha value is -0.670. The Morgan fingerprint density at radius 2 is 1.81 bits per heavy atom. The molecule has 0 saturated carbocycles. The molecule has 1 nitrogen and oxygen atoms in total. The molecule has 0 bridgehead atoms. The Morgan fingerprint density at radius 1 is 1.25 bits per heavy atom. The molecule has 0 aliphatic carbocycles. The molecular weight excluding hydrogens is 232 g/mol. The first-order valence-electron chi connectivity index (χ1n) is 5.00. The molecule has 0 amide bonds. The molecule has 0 radical (unpaired) electrons. The van der Waals surface area contributed by atoms with Crippen LogP contribution in [0.1, 0.15) is 38.8 Å². The Kier molecular flexibility index (Phi) is 5.36. The highest BCUT2D eigenvalue weighted by Crippen LogP contribution is 2.29. The van der Waals surface area contributed by atoms with Gasteiger partial charge in [-0.05, 0) is 30.0 Å². The predicted molar refractivity (Wildman–Crippen MR) is 64.6 cm³/mol.